The standard InChI is InChI=1S/C25H33ClN6O3S2/c1-5-8-11-32-22(21-17(26)13-31(4)30-21)28-29-25(32)36-14-19(33)27-23-20(24(34)35-7-3)16-10-9-15(6-2)12-18(16)37-23/h13,15H,5-12,14H2,1-4H3,(H,27,33). The average molecular weight is 565 g/mol. The summed E-state index contributed by atoms with van der Waals surface area (Å²) in [6.45, 7) is 7.09. The van der Waals surface area contributed by atoms with Gasteiger partial charge in [0.05, 0.1) is 22.9 Å². The van der Waals surface area contributed by atoms with E-state index in [9.17, 15) is 9.59 Å². The molecule has 1 atom stereocenters. The van der Waals surface area contributed by atoms with E-state index in [-0.39, 0.29) is 17.6 Å². The lowest BCUT2D eigenvalue weighted by atomic mass is 9.85. The molecule has 1 aliphatic carbocycles. The number of ether oxygens (including phenoxy) is 1. The number of aromatic nitrogens is 5. The number of halogens is 1. The minimum Gasteiger partial charge on any atom is -0.462 e. The molecule has 0 aliphatic heterocycles. The number of aryl methyl sites for hydroxylation is 1. The first-order valence-electron chi connectivity index (χ1n) is 12.7. The molecule has 0 bridgehead atoms. The SMILES string of the molecule is CCCCn1c(SCC(=O)Nc2sc3c(c2C(=O)OCC)CCC(CC)C3)nnc1-c1nn(C)cc1Cl. The van der Waals surface area contributed by atoms with E-state index in [1.54, 1.807) is 24.9 Å². The normalized spacial score (nSPS) is 15.0. The maximum Gasteiger partial charge on any atom is 0.341 e. The van der Waals surface area contributed by atoms with Crippen molar-refractivity contribution in [3.05, 3.63) is 27.2 Å². The highest BCUT2D eigenvalue weighted by atomic mass is 35.5. The molecule has 4 rings (SSSR count). The summed E-state index contributed by atoms with van der Waals surface area (Å²) in [6, 6.07) is 0. The molecule has 0 saturated heterocycles. The number of fused-ring (bicyclic) bond motifs is 1. The van der Waals surface area contributed by atoms with Crippen LogP contribution in [0.15, 0.2) is 11.4 Å². The number of thiophene rings is 1. The van der Waals surface area contributed by atoms with Crippen LogP contribution in [0, 0.1) is 5.92 Å². The van der Waals surface area contributed by atoms with Gasteiger partial charge in [-0.15, -0.1) is 21.5 Å². The highest BCUT2D eigenvalue weighted by Gasteiger charge is 2.30. The third-order valence-electron chi connectivity index (χ3n) is 6.46. The number of thioether (sulfide) groups is 1. The van der Waals surface area contributed by atoms with E-state index in [0.29, 0.717) is 51.3 Å². The van der Waals surface area contributed by atoms with E-state index in [1.165, 1.54) is 28.0 Å². The Hall–Kier alpha value is -2.37. The van der Waals surface area contributed by atoms with Crippen LogP contribution in [-0.4, -0.2) is 48.8 Å². The fourth-order valence-electron chi connectivity index (χ4n) is 4.50. The van der Waals surface area contributed by atoms with Crippen molar-refractivity contribution < 1.29 is 14.3 Å². The molecule has 3 aromatic heterocycles. The zero-order chi connectivity index (χ0) is 26.5. The summed E-state index contributed by atoms with van der Waals surface area (Å²) in [7, 11) is 1.80. The Kier molecular flexibility index (Phi) is 9.31. The monoisotopic (exact) mass is 564 g/mol. The van der Waals surface area contributed by atoms with Gasteiger partial charge in [-0.25, -0.2) is 4.79 Å². The van der Waals surface area contributed by atoms with E-state index >= 15 is 0 Å². The van der Waals surface area contributed by atoms with E-state index in [0.717, 1.165) is 44.1 Å². The van der Waals surface area contributed by atoms with Crippen LogP contribution in [0.4, 0.5) is 5.00 Å². The summed E-state index contributed by atoms with van der Waals surface area (Å²) in [5, 5.41) is 17.8. The first-order valence-corrected chi connectivity index (χ1v) is 14.9. The summed E-state index contributed by atoms with van der Waals surface area (Å²) in [5.74, 6) is 0.750. The lowest BCUT2D eigenvalue weighted by Crippen LogP contribution is -2.18. The van der Waals surface area contributed by atoms with Gasteiger partial charge in [-0.1, -0.05) is 50.1 Å². The molecule has 1 aliphatic rings. The molecule has 1 unspecified atom stereocenters. The van der Waals surface area contributed by atoms with Gasteiger partial charge in [0.1, 0.15) is 10.7 Å². The highest BCUT2D eigenvalue weighted by molar-refractivity contribution is 7.99. The van der Waals surface area contributed by atoms with Crippen molar-refractivity contribution in [3.8, 4) is 11.5 Å². The van der Waals surface area contributed by atoms with Crippen LogP contribution in [0.25, 0.3) is 11.5 Å². The van der Waals surface area contributed by atoms with Crippen molar-refractivity contribution in [2.75, 3.05) is 17.7 Å². The molecule has 0 saturated carbocycles. The fraction of sp³-hybridized carbons (Fsp3) is 0.560. The number of nitrogens with zero attached hydrogens (tertiary/aromatic N) is 5. The molecule has 1 N–H and O–H groups in total. The minimum absolute atomic E-state index is 0.128. The van der Waals surface area contributed by atoms with Crippen LogP contribution in [0.3, 0.4) is 0 Å². The zero-order valence-electron chi connectivity index (χ0n) is 21.7. The quantitative estimate of drug-likeness (QED) is 0.238. The Morgan fingerprint density at radius 3 is 2.78 bits per heavy atom. The Bertz CT molecular complexity index is 1270. The largest absolute Gasteiger partial charge is 0.462 e. The van der Waals surface area contributed by atoms with Gasteiger partial charge < -0.3 is 14.6 Å². The van der Waals surface area contributed by atoms with Crippen molar-refractivity contribution in [2.45, 2.75) is 71.0 Å². The number of unbranched alkanes of at least 4 members (excludes halogenated alkanes) is 1. The van der Waals surface area contributed by atoms with Gasteiger partial charge in [-0.2, -0.15) is 5.10 Å². The molecular weight excluding hydrogens is 532 g/mol. The van der Waals surface area contributed by atoms with Crippen LogP contribution in [-0.2, 0) is 36.0 Å². The number of carbonyl (C=O) groups is 2. The van der Waals surface area contributed by atoms with Crippen LogP contribution in [0.2, 0.25) is 5.02 Å². The van der Waals surface area contributed by atoms with Gasteiger partial charge in [0, 0.05) is 24.7 Å². The molecule has 0 spiro atoms. The lowest BCUT2D eigenvalue weighted by molar-refractivity contribution is -0.113. The summed E-state index contributed by atoms with van der Waals surface area (Å²) in [5.41, 5.74) is 2.12. The molecule has 0 radical (unpaired) electrons. The third kappa shape index (κ3) is 6.21. The lowest BCUT2D eigenvalue weighted by Gasteiger charge is -2.20. The van der Waals surface area contributed by atoms with Gasteiger partial charge in [-0.05, 0) is 44.1 Å². The number of hydrogen-bond acceptors (Lipinski definition) is 8. The van der Waals surface area contributed by atoms with Crippen LogP contribution >= 0.6 is 34.7 Å². The van der Waals surface area contributed by atoms with Crippen LogP contribution < -0.4 is 5.32 Å². The zero-order valence-corrected chi connectivity index (χ0v) is 24.1. The molecule has 0 aromatic carbocycles. The van der Waals surface area contributed by atoms with Crippen molar-refractivity contribution in [1.82, 2.24) is 24.5 Å². The molecule has 3 aromatic rings. The molecule has 12 heteroatoms. The maximum absolute atomic E-state index is 13.0. The smallest absolute Gasteiger partial charge is 0.341 e. The van der Waals surface area contributed by atoms with Crippen molar-refractivity contribution in [3.63, 3.8) is 0 Å². The first kappa shape index (κ1) is 27.7. The Morgan fingerprint density at radius 2 is 2.11 bits per heavy atom. The van der Waals surface area contributed by atoms with Crippen molar-refractivity contribution >= 4 is 51.6 Å². The third-order valence-corrected chi connectivity index (χ3v) is 8.87. The Morgan fingerprint density at radius 1 is 1.30 bits per heavy atom. The topological polar surface area (TPSA) is 104 Å². The van der Waals surface area contributed by atoms with Gasteiger partial charge in [0.25, 0.3) is 0 Å². The molecular formula is C25H33ClN6O3S2. The summed E-state index contributed by atoms with van der Waals surface area (Å²) in [4.78, 5) is 27.0. The predicted octanol–water partition coefficient (Wildman–Crippen LogP) is 5.62. The van der Waals surface area contributed by atoms with Gasteiger partial charge >= 0.3 is 5.97 Å². The van der Waals surface area contributed by atoms with Crippen LogP contribution in [0.5, 0.6) is 0 Å². The van der Waals surface area contributed by atoms with Crippen molar-refractivity contribution in [2.24, 2.45) is 13.0 Å². The van der Waals surface area contributed by atoms with Gasteiger partial charge in [-0.3, -0.25) is 9.48 Å². The summed E-state index contributed by atoms with van der Waals surface area (Å²) >= 11 is 9.17. The minimum atomic E-state index is -0.367. The predicted molar refractivity (Wildman–Crippen MR) is 148 cm³/mol. The van der Waals surface area contributed by atoms with Crippen molar-refractivity contribution in [1.29, 1.82) is 0 Å². The number of esters is 1. The van der Waals surface area contributed by atoms with E-state index in [2.05, 4.69) is 34.5 Å². The number of hydrogen-bond donors (Lipinski definition) is 1. The molecule has 9 nitrogen and oxygen atoms in total. The molecule has 37 heavy (non-hydrogen) atoms. The first-order chi connectivity index (χ1) is 17.9. The second kappa shape index (κ2) is 12.4. The van der Waals surface area contributed by atoms with E-state index < -0.39 is 0 Å². The maximum atomic E-state index is 13.0. The summed E-state index contributed by atoms with van der Waals surface area (Å²) < 4.78 is 8.94. The highest BCUT2D eigenvalue weighted by Crippen LogP contribution is 2.41. The second-order valence-corrected chi connectivity index (χ2v) is 11.5. The Labute approximate surface area is 230 Å². The summed E-state index contributed by atoms with van der Waals surface area (Å²) in [6.07, 6.45) is 7.57. The van der Waals surface area contributed by atoms with Gasteiger partial charge in [0.15, 0.2) is 11.0 Å². The fourth-order valence-corrected chi connectivity index (χ4v) is 6.90. The average Bonchev–Trinajstić information content (AvgIpc) is 3.54. The number of carbonyl (C=O) groups excluding carboxylic acids is 2. The number of amides is 1. The van der Waals surface area contributed by atoms with Gasteiger partial charge in [0.2, 0.25) is 5.91 Å². The Balaban J connectivity index is 1.52. The number of anilines is 1. The molecule has 200 valence electrons. The molecule has 0 fully saturated rings. The van der Waals surface area contributed by atoms with E-state index in [1.807, 2.05) is 4.57 Å². The molecule has 1 amide bonds. The second-order valence-electron chi connectivity index (χ2n) is 9.09. The number of rotatable bonds is 11. The van der Waals surface area contributed by atoms with Crippen LogP contribution in [0.1, 0.15) is 67.3 Å². The number of nitrogens with one attached hydrogen (secondary N) is 1. The molecule has 3 heterocycles. The van der Waals surface area contributed by atoms with E-state index in [4.69, 9.17) is 16.3 Å².